The monoisotopic (exact) mass is 264 g/mol. The van der Waals surface area contributed by atoms with E-state index in [2.05, 4.69) is 28.9 Å². The molecule has 1 unspecified atom stereocenters. The van der Waals surface area contributed by atoms with Crippen LogP contribution in [0.5, 0.6) is 0 Å². The van der Waals surface area contributed by atoms with Crippen molar-refractivity contribution in [2.45, 2.75) is 31.4 Å². The molecule has 2 heterocycles. The molecule has 2 saturated heterocycles. The molecule has 2 rings (SSSR count). The van der Waals surface area contributed by atoms with Gasteiger partial charge in [-0.05, 0) is 44.8 Å². The van der Waals surface area contributed by atoms with Gasteiger partial charge in [-0.2, -0.15) is 11.8 Å². The van der Waals surface area contributed by atoms with Gasteiger partial charge < -0.3 is 10.2 Å². The fraction of sp³-hybridized carbons (Fsp3) is 1.00. The van der Waals surface area contributed by atoms with E-state index in [0.717, 1.165) is 11.2 Å². The Morgan fingerprint density at radius 1 is 1.19 bits per heavy atom. The molecule has 4 heteroatoms. The van der Waals surface area contributed by atoms with E-state index in [-0.39, 0.29) is 12.4 Å². The summed E-state index contributed by atoms with van der Waals surface area (Å²) in [4.78, 5) is 2.70. The van der Waals surface area contributed by atoms with Gasteiger partial charge >= 0.3 is 0 Å². The fourth-order valence-corrected chi connectivity index (χ4v) is 3.59. The highest BCUT2D eigenvalue weighted by Crippen LogP contribution is 2.21. The molecule has 0 radical (unpaired) electrons. The van der Waals surface area contributed by atoms with E-state index in [1.807, 2.05) is 0 Å². The van der Waals surface area contributed by atoms with Crippen LogP contribution in [0.25, 0.3) is 0 Å². The topological polar surface area (TPSA) is 15.3 Å². The lowest BCUT2D eigenvalue weighted by Crippen LogP contribution is -2.37. The molecule has 1 N–H and O–H groups in total. The Kier molecular flexibility index (Phi) is 7.13. The van der Waals surface area contributed by atoms with Crippen LogP contribution in [0.3, 0.4) is 0 Å². The van der Waals surface area contributed by atoms with Crippen molar-refractivity contribution < 1.29 is 0 Å². The van der Waals surface area contributed by atoms with Gasteiger partial charge in [0.1, 0.15) is 0 Å². The molecule has 0 aliphatic carbocycles. The van der Waals surface area contributed by atoms with Crippen LogP contribution in [0.2, 0.25) is 0 Å². The molecule has 0 aromatic carbocycles. The molecule has 16 heavy (non-hydrogen) atoms. The number of hydrogen-bond acceptors (Lipinski definition) is 3. The second kappa shape index (κ2) is 7.80. The zero-order valence-corrected chi connectivity index (χ0v) is 11.9. The van der Waals surface area contributed by atoms with Crippen LogP contribution >= 0.6 is 24.2 Å². The van der Waals surface area contributed by atoms with E-state index in [0.29, 0.717) is 0 Å². The Bertz CT molecular complexity index is 186. The molecule has 0 spiro atoms. The maximum atomic E-state index is 3.45. The van der Waals surface area contributed by atoms with Crippen LogP contribution in [-0.2, 0) is 0 Å². The van der Waals surface area contributed by atoms with Gasteiger partial charge in [0, 0.05) is 24.1 Å². The third kappa shape index (κ3) is 4.82. The lowest BCUT2D eigenvalue weighted by Gasteiger charge is -2.29. The smallest absolute Gasteiger partial charge is 0.00726 e. The maximum Gasteiger partial charge on any atom is 0.00726 e. The van der Waals surface area contributed by atoms with E-state index in [4.69, 9.17) is 0 Å². The summed E-state index contributed by atoms with van der Waals surface area (Å²) >= 11 is 2.15. The van der Waals surface area contributed by atoms with Crippen molar-refractivity contribution in [1.29, 1.82) is 0 Å². The number of thioether (sulfide) groups is 1. The highest BCUT2D eigenvalue weighted by atomic mass is 35.5. The Morgan fingerprint density at radius 2 is 1.94 bits per heavy atom. The van der Waals surface area contributed by atoms with E-state index in [1.54, 1.807) is 0 Å². The number of piperidine rings is 1. The molecule has 1 atom stereocenters. The van der Waals surface area contributed by atoms with Crippen molar-refractivity contribution in [2.75, 3.05) is 38.5 Å². The second-order valence-corrected chi connectivity index (χ2v) is 6.51. The fourth-order valence-electron chi connectivity index (χ4n) is 2.55. The van der Waals surface area contributed by atoms with Gasteiger partial charge in [0.15, 0.2) is 0 Å². The zero-order valence-electron chi connectivity index (χ0n) is 10.3. The van der Waals surface area contributed by atoms with Gasteiger partial charge in [0.05, 0.1) is 0 Å². The van der Waals surface area contributed by atoms with Crippen molar-refractivity contribution >= 4 is 24.2 Å². The van der Waals surface area contributed by atoms with E-state index in [1.165, 1.54) is 57.7 Å². The third-order valence-electron chi connectivity index (χ3n) is 3.64. The van der Waals surface area contributed by atoms with Crippen molar-refractivity contribution in [3.63, 3.8) is 0 Å². The molecule has 0 aromatic rings. The van der Waals surface area contributed by atoms with Crippen LogP contribution in [0.1, 0.15) is 26.2 Å². The van der Waals surface area contributed by atoms with Gasteiger partial charge in [-0.25, -0.2) is 0 Å². The molecule has 2 aliphatic rings. The Labute approximate surface area is 110 Å². The van der Waals surface area contributed by atoms with Crippen LogP contribution in [0.4, 0.5) is 0 Å². The number of rotatable bonds is 2. The average molecular weight is 265 g/mol. The molecule has 0 saturated carbocycles. The first-order valence-corrected chi connectivity index (χ1v) is 7.44. The van der Waals surface area contributed by atoms with Crippen molar-refractivity contribution in [1.82, 2.24) is 10.2 Å². The number of nitrogens with zero attached hydrogens (tertiary/aromatic N) is 1. The van der Waals surface area contributed by atoms with E-state index >= 15 is 0 Å². The highest BCUT2D eigenvalue weighted by Gasteiger charge is 2.19. The Hall–Kier alpha value is 0.560. The average Bonchev–Trinajstić information content (AvgIpc) is 2.46. The summed E-state index contributed by atoms with van der Waals surface area (Å²) in [5, 5.41) is 4.33. The van der Waals surface area contributed by atoms with Gasteiger partial charge in [-0.1, -0.05) is 6.92 Å². The minimum atomic E-state index is 0. The van der Waals surface area contributed by atoms with Gasteiger partial charge in [0.2, 0.25) is 0 Å². The first-order valence-electron chi connectivity index (χ1n) is 6.39. The van der Waals surface area contributed by atoms with Gasteiger partial charge in [-0.3, -0.25) is 0 Å². The molecule has 2 aliphatic heterocycles. The van der Waals surface area contributed by atoms with Crippen LogP contribution in [-0.4, -0.2) is 48.6 Å². The maximum absolute atomic E-state index is 3.45. The molecule has 0 amide bonds. The molecular formula is C12H25ClN2S. The van der Waals surface area contributed by atoms with Crippen LogP contribution in [0.15, 0.2) is 0 Å². The Morgan fingerprint density at radius 3 is 2.69 bits per heavy atom. The highest BCUT2D eigenvalue weighted by molar-refractivity contribution is 7.99. The summed E-state index contributed by atoms with van der Waals surface area (Å²) < 4.78 is 0. The predicted octanol–water partition coefficient (Wildman–Crippen LogP) is 2.24. The lowest BCUT2D eigenvalue weighted by atomic mass is 9.97. The number of nitrogens with one attached hydrogen (secondary N) is 1. The van der Waals surface area contributed by atoms with Crippen molar-refractivity contribution in [3.8, 4) is 0 Å². The lowest BCUT2D eigenvalue weighted by molar-refractivity contribution is 0.216. The number of hydrogen-bond donors (Lipinski definition) is 1. The molecule has 96 valence electrons. The normalized spacial score (nSPS) is 29.4. The molecule has 0 aromatic heterocycles. The SMILES string of the molecule is CC1CCN(CC2CCNCC2)CCS1.Cl. The summed E-state index contributed by atoms with van der Waals surface area (Å²) in [5.41, 5.74) is 0. The van der Waals surface area contributed by atoms with E-state index < -0.39 is 0 Å². The van der Waals surface area contributed by atoms with Crippen LogP contribution in [0, 0.1) is 5.92 Å². The minimum absolute atomic E-state index is 0. The summed E-state index contributed by atoms with van der Waals surface area (Å²) in [6, 6.07) is 0. The van der Waals surface area contributed by atoms with Crippen molar-refractivity contribution in [3.05, 3.63) is 0 Å². The minimum Gasteiger partial charge on any atom is -0.317 e. The van der Waals surface area contributed by atoms with Crippen LogP contribution < -0.4 is 5.32 Å². The first kappa shape index (κ1) is 14.6. The first-order chi connectivity index (χ1) is 7.34. The molecule has 0 bridgehead atoms. The molecule has 2 nitrogen and oxygen atoms in total. The van der Waals surface area contributed by atoms with Gasteiger partial charge in [-0.15, -0.1) is 12.4 Å². The molecular weight excluding hydrogens is 240 g/mol. The summed E-state index contributed by atoms with van der Waals surface area (Å²) in [5.74, 6) is 2.30. The Balaban J connectivity index is 0.00000128. The quantitative estimate of drug-likeness (QED) is 0.824. The second-order valence-electron chi connectivity index (χ2n) is 4.96. The number of halogens is 1. The largest absolute Gasteiger partial charge is 0.317 e. The summed E-state index contributed by atoms with van der Waals surface area (Å²) in [7, 11) is 0. The molecule has 2 fully saturated rings. The zero-order chi connectivity index (χ0) is 10.5. The van der Waals surface area contributed by atoms with Gasteiger partial charge in [0.25, 0.3) is 0 Å². The summed E-state index contributed by atoms with van der Waals surface area (Å²) in [6.45, 7) is 8.86. The predicted molar refractivity (Wildman–Crippen MR) is 75.8 cm³/mol. The summed E-state index contributed by atoms with van der Waals surface area (Å²) in [6.07, 6.45) is 4.16. The van der Waals surface area contributed by atoms with Crippen molar-refractivity contribution in [2.24, 2.45) is 5.92 Å². The third-order valence-corrected chi connectivity index (χ3v) is 4.86. The standard InChI is InChI=1S/C12H24N2S.ClH/c1-11-4-7-14(8-9-15-11)10-12-2-5-13-6-3-12;/h11-13H,2-10H2,1H3;1H. The van der Waals surface area contributed by atoms with E-state index in [9.17, 15) is 0 Å².